The highest BCUT2D eigenvalue weighted by Gasteiger charge is 2.13. The van der Waals surface area contributed by atoms with Gasteiger partial charge in [-0.3, -0.25) is 9.89 Å². The first-order valence-electron chi connectivity index (χ1n) is 8.04. The van der Waals surface area contributed by atoms with Crippen LogP contribution in [0.4, 0.5) is 14.9 Å². The number of benzene rings is 2. The third kappa shape index (κ3) is 4.22. The lowest BCUT2D eigenvalue weighted by Gasteiger charge is -2.06. The zero-order valence-electron chi connectivity index (χ0n) is 14.6. The molecule has 0 radical (unpaired) electrons. The van der Waals surface area contributed by atoms with Gasteiger partial charge in [-0.25, -0.2) is 18.9 Å². The second kappa shape index (κ2) is 7.71. The number of aromatic nitrogens is 2. The van der Waals surface area contributed by atoms with Crippen molar-refractivity contribution in [3.63, 3.8) is 0 Å². The minimum absolute atomic E-state index is 0.284. The Morgan fingerprint density at radius 2 is 1.93 bits per heavy atom. The Hall–Kier alpha value is -3.00. The summed E-state index contributed by atoms with van der Waals surface area (Å²) in [6, 6.07) is 10.2. The van der Waals surface area contributed by atoms with Gasteiger partial charge in [0.15, 0.2) is 0 Å². The number of rotatable bonds is 3. The zero-order valence-corrected chi connectivity index (χ0v) is 16.2. The summed E-state index contributed by atoms with van der Waals surface area (Å²) in [6.07, 6.45) is 1.22. The first-order valence-corrected chi connectivity index (χ1v) is 8.83. The molecule has 8 heteroatoms. The number of nitrogens with zero attached hydrogens (tertiary/aromatic N) is 2. The molecule has 2 N–H and O–H groups in total. The summed E-state index contributed by atoms with van der Waals surface area (Å²) in [5, 5.41) is 5.50. The molecule has 6 nitrogen and oxygen atoms in total. The minimum atomic E-state index is -0.659. The summed E-state index contributed by atoms with van der Waals surface area (Å²) in [5.41, 5.74) is 2.59. The molecule has 0 unspecified atom stereocenters. The van der Waals surface area contributed by atoms with Gasteiger partial charge in [0.25, 0.3) is 5.56 Å². The summed E-state index contributed by atoms with van der Waals surface area (Å²) in [4.78, 5) is 28.4. The molecule has 2 amide bonds. The van der Waals surface area contributed by atoms with Crippen molar-refractivity contribution in [1.29, 1.82) is 0 Å². The van der Waals surface area contributed by atoms with Gasteiger partial charge in [-0.1, -0.05) is 15.9 Å². The van der Waals surface area contributed by atoms with Crippen molar-refractivity contribution in [3.8, 4) is 5.69 Å². The van der Waals surface area contributed by atoms with Crippen LogP contribution in [0.25, 0.3) is 5.69 Å². The monoisotopic (exact) mass is 430 g/mol. The number of aryl methyl sites for hydroxylation is 2. The third-order valence-corrected chi connectivity index (χ3v) is 4.42. The first kappa shape index (κ1) is 18.8. The van der Waals surface area contributed by atoms with Gasteiger partial charge in [0.2, 0.25) is 0 Å². The normalized spacial score (nSPS) is 11.1. The summed E-state index contributed by atoms with van der Waals surface area (Å²) >= 11 is 3.39. The lowest BCUT2D eigenvalue weighted by molar-refractivity contribution is 0.259. The van der Waals surface area contributed by atoms with Crippen LogP contribution in [0.15, 0.2) is 56.7 Å². The van der Waals surface area contributed by atoms with Crippen LogP contribution in [0.5, 0.6) is 0 Å². The van der Waals surface area contributed by atoms with Crippen molar-refractivity contribution in [2.45, 2.75) is 13.8 Å². The molecule has 1 heterocycles. The highest BCUT2D eigenvalue weighted by atomic mass is 79.9. The Morgan fingerprint density at radius 3 is 2.59 bits per heavy atom. The Morgan fingerprint density at radius 1 is 1.22 bits per heavy atom. The number of aromatic amines is 1. The number of carbonyl (C=O) groups is 1. The smallest absolute Gasteiger partial charge is 0.306 e. The fourth-order valence-electron chi connectivity index (χ4n) is 2.56. The molecular formula is C19H16BrFN4O2. The molecule has 0 fully saturated rings. The largest absolute Gasteiger partial charge is 0.345 e. The SMILES string of the molecule is Cc1cc(Br)ccc1-n1[nH]c(C)c(C=NC(=O)Nc2ccc(F)cc2)c1=O. The summed E-state index contributed by atoms with van der Waals surface area (Å²) in [5.74, 6) is -0.400. The lowest BCUT2D eigenvalue weighted by atomic mass is 10.2. The highest BCUT2D eigenvalue weighted by molar-refractivity contribution is 9.10. The van der Waals surface area contributed by atoms with E-state index in [1.165, 1.54) is 35.2 Å². The van der Waals surface area contributed by atoms with E-state index in [4.69, 9.17) is 0 Å². The van der Waals surface area contributed by atoms with Gasteiger partial charge in [0.05, 0.1) is 11.3 Å². The molecule has 0 aliphatic heterocycles. The summed E-state index contributed by atoms with van der Waals surface area (Å²) < 4.78 is 15.2. The summed E-state index contributed by atoms with van der Waals surface area (Å²) in [6.45, 7) is 3.62. The van der Waals surface area contributed by atoms with Crippen LogP contribution >= 0.6 is 15.9 Å². The number of halogens is 2. The van der Waals surface area contributed by atoms with Crippen molar-refractivity contribution >= 4 is 33.9 Å². The van der Waals surface area contributed by atoms with Gasteiger partial charge in [-0.05, 0) is 61.9 Å². The van der Waals surface area contributed by atoms with Crippen LogP contribution in [-0.4, -0.2) is 22.0 Å². The topological polar surface area (TPSA) is 79.2 Å². The molecule has 0 aliphatic carbocycles. The average molecular weight is 431 g/mol. The molecule has 27 heavy (non-hydrogen) atoms. The molecule has 0 bridgehead atoms. The Bertz CT molecular complexity index is 1080. The number of hydrogen-bond donors (Lipinski definition) is 2. The van der Waals surface area contributed by atoms with Crippen LogP contribution in [-0.2, 0) is 0 Å². The number of amides is 2. The summed E-state index contributed by atoms with van der Waals surface area (Å²) in [7, 11) is 0. The second-order valence-corrected chi connectivity index (χ2v) is 6.83. The first-order chi connectivity index (χ1) is 12.8. The van der Waals surface area contributed by atoms with Gasteiger partial charge in [0.1, 0.15) is 5.82 Å². The Balaban J connectivity index is 1.84. The Labute approximate surface area is 162 Å². The van der Waals surface area contributed by atoms with Crippen LogP contribution in [0.2, 0.25) is 0 Å². The number of hydrogen-bond acceptors (Lipinski definition) is 2. The minimum Gasteiger partial charge on any atom is -0.306 e. The maximum Gasteiger partial charge on any atom is 0.345 e. The van der Waals surface area contributed by atoms with E-state index < -0.39 is 11.8 Å². The maximum absolute atomic E-state index is 12.9. The molecular weight excluding hydrogens is 415 g/mol. The number of carbonyl (C=O) groups excluding carboxylic acids is 1. The van der Waals surface area contributed by atoms with Crippen LogP contribution < -0.4 is 10.9 Å². The van der Waals surface area contributed by atoms with Crippen molar-refractivity contribution in [3.05, 3.63) is 79.9 Å². The fraction of sp³-hybridized carbons (Fsp3) is 0.105. The lowest BCUT2D eigenvalue weighted by Crippen LogP contribution is -2.18. The van der Waals surface area contributed by atoms with E-state index in [0.717, 1.165) is 10.0 Å². The van der Waals surface area contributed by atoms with Crippen molar-refractivity contribution in [1.82, 2.24) is 9.78 Å². The molecule has 1 aromatic heterocycles. The second-order valence-electron chi connectivity index (χ2n) is 5.92. The van der Waals surface area contributed by atoms with E-state index in [0.29, 0.717) is 17.1 Å². The number of urea groups is 1. The maximum atomic E-state index is 12.9. The van der Waals surface area contributed by atoms with Crippen LogP contribution in [0.3, 0.4) is 0 Å². The molecule has 0 atom stereocenters. The number of anilines is 1. The van der Waals surface area contributed by atoms with Crippen LogP contribution in [0.1, 0.15) is 16.8 Å². The predicted molar refractivity (Wildman–Crippen MR) is 107 cm³/mol. The highest BCUT2D eigenvalue weighted by Crippen LogP contribution is 2.18. The third-order valence-electron chi connectivity index (χ3n) is 3.92. The zero-order chi connectivity index (χ0) is 19.6. The fourth-order valence-corrected chi connectivity index (χ4v) is 3.04. The molecule has 138 valence electrons. The molecule has 3 rings (SSSR count). The molecule has 0 aliphatic rings. The van der Waals surface area contributed by atoms with Gasteiger partial charge < -0.3 is 5.32 Å². The molecule has 0 saturated carbocycles. The Kier molecular flexibility index (Phi) is 5.36. The molecule has 3 aromatic rings. The van der Waals surface area contributed by atoms with E-state index >= 15 is 0 Å². The van der Waals surface area contributed by atoms with Crippen molar-refractivity contribution in [2.24, 2.45) is 4.99 Å². The van der Waals surface area contributed by atoms with E-state index in [1.54, 1.807) is 6.92 Å². The van der Waals surface area contributed by atoms with Gasteiger partial charge >= 0.3 is 6.03 Å². The quantitative estimate of drug-likeness (QED) is 0.606. The molecule has 0 spiro atoms. The van der Waals surface area contributed by atoms with Gasteiger partial charge in [-0.15, -0.1) is 0 Å². The van der Waals surface area contributed by atoms with Crippen LogP contribution in [0, 0.1) is 19.7 Å². The number of H-pyrrole nitrogens is 1. The number of nitrogens with one attached hydrogen (secondary N) is 2. The van der Waals surface area contributed by atoms with E-state index in [1.807, 2.05) is 25.1 Å². The van der Waals surface area contributed by atoms with E-state index in [-0.39, 0.29) is 11.1 Å². The molecule has 2 aromatic carbocycles. The van der Waals surface area contributed by atoms with E-state index in [9.17, 15) is 14.0 Å². The van der Waals surface area contributed by atoms with E-state index in [2.05, 4.69) is 31.3 Å². The molecule has 0 saturated heterocycles. The standard InChI is InChI=1S/C19H16BrFN4O2/c1-11-9-13(20)3-8-17(11)25-18(26)16(12(2)24-25)10-22-19(27)23-15-6-4-14(21)5-7-15/h3-10,24H,1-2H3,(H,23,27). The number of aliphatic imine (C=N–C) groups is 1. The van der Waals surface area contributed by atoms with Gasteiger partial charge in [-0.2, -0.15) is 0 Å². The van der Waals surface area contributed by atoms with Crippen molar-refractivity contribution in [2.75, 3.05) is 5.32 Å². The predicted octanol–water partition coefficient (Wildman–Crippen LogP) is 4.34. The van der Waals surface area contributed by atoms with Gasteiger partial charge in [0, 0.05) is 22.1 Å². The van der Waals surface area contributed by atoms with Crippen molar-refractivity contribution < 1.29 is 9.18 Å². The average Bonchev–Trinajstić information content (AvgIpc) is 2.89.